The Morgan fingerprint density at radius 3 is 2.91 bits per heavy atom. The lowest BCUT2D eigenvalue weighted by Gasteiger charge is -2.32. The van der Waals surface area contributed by atoms with Crippen molar-refractivity contribution in [2.24, 2.45) is 0 Å². The van der Waals surface area contributed by atoms with Crippen LogP contribution in [-0.4, -0.2) is 28.8 Å². The number of nitrogens with one attached hydrogen (secondary N) is 2. The van der Waals surface area contributed by atoms with Crippen molar-refractivity contribution in [2.45, 2.75) is 32.2 Å². The zero-order chi connectivity index (χ0) is 16.2. The first-order chi connectivity index (χ1) is 11.1. The van der Waals surface area contributed by atoms with E-state index in [9.17, 15) is 4.79 Å². The fraction of sp³-hybridized carbons (Fsp3) is 0.400. The van der Waals surface area contributed by atoms with E-state index in [0.29, 0.717) is 21.9 Å². The molecular formula is C15H18ClN5OS. The molecule has 1 atom stereocenters. The Kier molecular flexibility index (Phi) is 4.97. The molecular weight excluding hydrogens is 334 g/mol. The number of hydrogen-bond donors (Lipinski definition) is 2. The van der Waals surface area contributed by atoms with E-state index in [4.69, 9.17) is 11.6 Å². The number of anilines is 3. The highest BCUT2D eigenvalue weighted by Crippen LogP contribution is 2.29. The predicted molar refractivity (Wildman–Crippen MR) is 94.7 cm³/mol. The molecule has 2 N–H and O–H groups in total. The molecule has 0 aliphatic carbocycles. The van der Waals surface area contributed by atoms with E-state index in [1.807, 2.05) is 12.1 Å². The van der Waals surface area contributed by atoms with Gasteiger partial charge in [0.05, 0.1) is 10.7 Å². The summed E-state index contributed by atoms with van der Waals surface area (Å²) < 4.78 is 0. The molecule has 1 aromatic carbocycles. The van der Waals surface area contributed by atoms with Gasteiger partial charge in [0.1, 0.15) is 0 Å². The minimum Gasteiger partial charge on any atom is -0.344 e. The molecule has 1 fully saturated rings. The predicted octanol–water partition coefficient (Wildman–Crippen LogP) is 4.21. The van der Waals surface area contributed by atoms with E-state index in [2.05, 4.69) is 32.7 Å². The van der Waals surface area contributed by atoms with Gasteiger partial charge in [0.25, 0.3) is 0 Å². The summed E-state index contributed by atoms with van der Waals surface area (Å²) in [7, 11) is 0. The maximum absolute atomic E-state index is 12.0. The van der Waals surface area contributed by atoms with Crippen molar-refractivity contribution in [3.8, 4) is 0 Å². The molecule has 0 radical (unpaired) electrons. The Morgan fingerprint density at radius 2 is 2.13 bits per heavy atom. The number of benzene rings is 1. The first-order valence-corrected chi connectivity index (χ1v) is 8.75. The number of carbonyl (C=O) groups excluding carboxylic acids is 1. The SMILES string of the molecule is C[C@H]1CCCCN1c1nnc(NC(=O)Nc2ccccc2Cl)s1. The largest absolute Gasteiger partial charge is 0.344 e. The molecule has 1 saturated heterocycles. The monoisotopic (exact) mass is 351 g/mol. The molecule has 0 unspecified atom stereocenters. The lowest BCUT2D eigenvalue weighted by atomic mass is 10.1. The standard InChI is InChI=1S/C15H18ClN5OS/c1-10-6-4-5-9-21(10)15-20-19-14(23-15)18-13(22)17-12-8-3-2-7-11(12)16/h2-3,7-8,10H,4-6,9H2,1H3,(H2,17,18,19,22)/t10-/m0/s1. The zero-order valence-electron chi connectivity index (χ0n) is 12.8. The number of urea groups is 1. The number of rotatable bonds is 3. The topological polar surface area (TPSA) is 70.2 Å². The van der Waals surface area contributed by atoms with Gasteiger partial charge in [-0.05, 0) is 38.3 Å². The second-order valence-corrected chi connectivity index (χ2v) is 6.85. The number of carbonyl (C=O) groups is 1. The van der Waals surface area contributed by atoms with E-state index in [0.717, 1.165) is 18.1 Å². The first-order valence-electron chi connectivity index (χ1n) is 7.56. The van der Waals surface area contributed by atoms with Crippen molar-refractivity contribution in [3.05, 3.63) is 29.3 Å². The van der Waals surface area contributed by atoms with E-state index >= 15 is 0 Å². The third-order valence-electron chi connectivity index (χ3n) is 3.81. The van der Waals surface area contributed by atoms with Gasteiger partial charge in [0, 0.05) is 12.6 Å². The van der Waals surface area contributed by atoms with Crippen LogP contribution in [0, 0.1) is 0 Å². The second kappa shape index (κ2) is 7.14. The smallest absolute Gasteiger partial charge is 0.325 e. The van der Waals surface area contributed by atoms with Crippen molar-refractivity contribution in [1.82, 2.24) is 10.2 Å². The molecule has 0 bridgehead atoms. The minimum atomic E-state index is -0.382. The molecule has 0 saturated carbocycles. The quantitative estimate of drug-likeness (QED) is 0.868. The summed E-state index contributed by atoms with van der Waals surface area (Å²) in [5.74, 6) is 0. The van der Waals surface area contributed by atoms with Gasteiger partial charge in [-0.25, -0.2) is 4.79 Å². The molecule has 23 heavy (non-hydrogen) atoms. The Balaban J connectivity index is 1.62. The average molecular weight is 352 g/mol. The lowest BCUT2D eigenvalue weighted by molar-refractivity contribution is 0.262. The number of amides is 2. The van der Waals surface area contributed by atoms with Crippen LogP contribution >= 0.6 is 22.9 Å². The van der Waals surface area contributed by atoms with E-state index in [-0.39, 0.29) is 6.03 Å². The summed E-state index contributed by atoms with van der Waals surface area (Å²) in [6, 6.07) is 7.15. The Hall–Kier alpha value is -1.86. The highest BCUT2D eigenvalue weighted by molar-refractivity contribution is 7.19. The van der Waals surface area contributed by atoms with Crippen LogP contribution in [0.2, 0.25) is 5.02 Å². The van der Waals surface area contributed by atoms with Crippen LogP contribution in [0.4, 0.5) is 20.7 Å². The van der Waals surface area contributed by atoms with Crippen molar-refractivity contribution in [2.75, 3.05) is 22.1 Å². The number of para-hydroxylation sites is 1. The summed E-state index contributed by atoms with van der Waals surface area (Å²) >= 11 is 7.40. The maximum atomic E-state index is 12.0. The van der Waals surface area contributed by atoms with Gasteiger partial charge in [-0.1, -0.05) is 35.1 Å². The molecule has 2 heterocycles. The van der Waals surface area contributed by atoms with Crippen LogP contribution in [0.3, 0.4) is 0 Å². The lowest BCUT2D eigenvalue weighted by Crippen LogP contribution is -2.37. The van der Waals surface area contributed by atoms with Gasteiger partial charge in [-0.3, -0.25) is 5.32 Å². The average Bonchev–Trinajstić information content (AvgIpc) is 2.98. The van der Waals surface area contributed by atoms with Gasteiger partial charge < -0.3 is 10.2 Å². The molecule has 2 amide bonds. The van der Waals surface area contributed by atoms with Crippen LogP contribution in [-0.2, 0) is 0 Å². The first kappa shape index (κ1) is 16.0. The third kappa shape index (κ3) is 3.92. The Morgan fingerprint density at radius 1 is 1.30 bits per heavy atom. The number of halogens is 1. The number of aromatic nitrogens is 2. The number of hydrogen-bond acceptors (Lipinski definition) is 5. The second-order valence-electron chi connectivity index (χ2n) is 5.49. The summed E-state index contributed by atoms with van der Waals surface area (Å²) in [5.41, 5.74) is 0.557. The van der Waals surface area contributed by atoms with Crippen LogP contribution in [0.15, 0.2) is 24.3 Å². The summed E-state index contributed by atoms with van der Waals surface area (Å²) in [6.07, 6.45) is 3.58. The zero-order valence-corrected chi connectivity index (χ0v) is 14.3. The van der Waals surface area contributed by atoms with Crippen molar-refractivity contribution < 1.29 is 4.79 Å². The van der Waals surface area contributed by atoms with Crippen LogP contribution < -0.4 is 15.5 Å². The molecule has 0 spiro atoms. The molecule has 122 valence electrons. The van der Waals surface area contributed by atoms with E-state index in [1.165, 1.54) is 24.2 Å². The maximum Gasteiger partial charge on any atom is 0.325 e. The molecule has 1 aliphatic rings. The van der Waals surface area contributed by atoms with E-state index < -0.39 is 0 Å². The Bertz CT molecular complexity index is 692. The highest BCUT2D eigenvalue weighted by atomic mass is 35.5. The molecule has 1 aliphatic heterocycles. The fourth-order valence-electron chi connectivity index (χ4n) is 2.58. The molecule has 2 aromatic rings. The van der Waals surface area contributed by atoms with E-state index in [1.54, 1.807) is 12.1 Å². The van der Waals surface area contributed by atoms with Crippen LogP contribution in [0.1, 0.15) is 26.2 Å². The summed E-state index contributed by atoms with van der Waals surface area (Å²) in [6.45, 7) is 3.18. The number of piperidine rings is 1. The molecule has 8 heteroatoms. The van der Waals surface area contributed by atoms with Gasteiger partial charge in [0.15, 0.2) is 0 Å². The minimum absolute atomic E-state index is 0.382. The molecule has 6 nitrogen and oxygen atoms in total. The Labute approximate surface area is 143 Å². The van der Waals surface area contributed by atoms with Gasteiger partial charge >= 0.3 is 6.03 Å². The van der Waals surface area contributed by atoms with Crippen molar-refractivity contribution >= 4 is 44.9 Å². The van der Waals surface area contributed by atoms with Gasteiger partial charge in [-0.15, -0.1) is 10.2 Å². The molecule has 1 aromatic heterocycles. The van der Waals surface area contributed by atoms with Crippen LogP contribution in [0.5, 0.6) is 0 Å². The number of nitrogens with zero attached hydrogens (tertiary/aromatic N) is 3. The summed E-state index contributed by atoms with van der Waals surface area (Å²) in [4.78, 5) is 14.3. The van der Waals surface area contributed by atoms with Gasteiger partial charge in [-0.2, -0.15) is 0 Å². The van der Waals surface area contributed by atoms with Crippen molar-refractivity contribution in [1.29, 1.82) is 0 Å². The normalized spacial score (nSPS) is 17.8. The third-order valence-corrected chi connectivity index (χ3v) is 5.01. The summed E-state index contributed by atoms with van der Waals surface area (Å²) in [5, 5.41) is 15.5. The van der Waals surface area contributed by atoms with Gasteiger partial charge in [0.2, 0.25) is 10.3 Å². The molecule has 3 rings (SSSR count). The highest BCUT2D eigenvalue weighted by Gasteiger charge is 2.22. The fourth-order valence-corrected chi connectivity index (χ4v) is 3.63. The van der Waals surface area contributed by atoms with Crippen LogP contribution in [0.25, 0.3) is 0 Å². The van der Waals surface area contributed by atoms with Crippen molar-refractivity contribution in [3.63, 3.8) is 0 Å².